The normalized spacial score (nSPS) is 22.6. The fraction of sp³-hybridized carbons (Fsp3) is 0.382. The topological polar surface area (TPSA) is 75.3 Å². The van der Waals surface area contributed by atoms with Gasteiger partial charge in [0, 0.05) is 0 Å². The molecular weight excluding hydrogens is 518 g/mol. The quantitative estimate of drug-likeness (QED) is 0.266. The Morgan fingerprint density at radius 3 is 1.78 bits per heavy atom. The van der Waals surface area contributed by atoms with Gasteiger partial charge >= 0.3 is 6.09 Å². The van der Waals surface area contributed by atoms with Crippen molar-refractivity contribution in [3.05, 3.63) is 120 Å². The summed E-state index contributed by atoms with van der Waals surface area (Å²) in [5.74, 6) is 0. The van der Waals surface area contributed by atoms with Crippen molar-refractivity contribution in [3.63, 3.8) is 0 Å². The third-order valence-electron chi connectivity index (χ3n) is 6.61. The van der Waals surface area contributed by atoms with Crippen LogP contribution >= 0.6 is 0 Å². The van der Waals surface area contributed by atoms with Gasteiger partial charge in [-0.25, -0.2) is 4.79 Å². The van der Waals surface area contributed by atoms with Gasteiger partial charge in [0.05, 0.1) is 38.6 Å². The summed E-state index contributed by atoms with van der Waals surface area (Å²) in [6.07, 6.45) is -1.09. The van der Waals surface area contributed by atoms with Crippen molar-refractivity contribution in [2.24, 2.45) is 0 Å². The second-order valence-corrected chi connectivity index (χ2v) is 11.1. The molecule has 0 aromatic heterocycles. The van der Waals surface area contributed by atoms with Crippen LogP contribution in [-0.4, -0.2) is 48.8 Å². The lowest BCUT2D eigenvalue weighted by Crippen LogP contribution is -2.65. The van der Waals surface area contributed by atoms with Crippen LogP contribution < -0.4 is 5.32 Å². The number of ether oxygens (including phenoxy) is 5. The van der Waals surface area contributed by atoms with Gasteiger partial charge in [-0.05, 0) is 37.5 Å². The van der Waals surface area contributed by atoms with Crippen molar-refractivity contribution < 1.29 is 28.5 Å². The average molecular weight is 560 g/mol. The third kappa shape index (κ3) is 9.54. The van der Waals surface area contributed by atoms with Gasteiger partial charge in [0.15, 0.2) is 0 Å². The summed E-state index contributed by atoms with van der Waals surface area (Å²) < 4.78 is 31.3. The van der Waals surface area contributed by atoms with E-state index in [1.54, 1.807) is 6.08 Å². The van der Waals surface area contributed by atoms with E-state index in [2.05, 4.69) is 11.9 Å². The van der Waals surface area contributed by atoms with Crippen molar-refractivity contribution >= 4 is 6.09 Å². The summed E-state index contributed by atoms with van der Waals surface area (Å²) in [4.78, 5) is 13.0. The van der Waals surface area contributed by atoms with Crippen LogP contribution in [-0.2, 0) is 43.5 Å². The Hall–Kier alpha value is -3.49. The average Bonchev–Trinajstić information content (AvgIpc) is 2.96. The molecule has 7 nitrogen and oxygen atoms in total. The fourth-order valence-corrected chi connectivity index (χ4v) is 4.71. The highest BCUT2D eigenvalue weighted by Crippen LogP contribution is 2.29. The molecule has 1 saturated heterocycles. The molecule has 0 aliphatic carbocycles. The number of amides is 1. The molecule has 3 aromatic carbocycles. The minimum Gasteiger partial charge on any atom is -0.444 e. The van der Waals surface area contributed by atoms with Crippen LogP contribution in [0.15, 0.2) is 104 Å². The molecule has 218 valence electrons. The zero-order valence-electron chi connectivity index (χ0n) is 24.1. The van der Waals surface area contributed by atoms with Gasteiger partial charge in [-0.2, -0.15) is 0 Å². The molecule has 7 heteroatoms. The lowest BCUT2D eigenvalue weighted by atomic mass is 9.92. The Bertz CT molecular complexity index is 1200. The maximum absolute atomic E-state index is 13.0. The maximum Gasteiger partial charge on any atom is 0.408 e. The first-order chi connectivity index (χ1) is 19.8. The summed E-state index contributed by atoms with van der Waals surface area (Å²) in [7, 11) is 0. The van der Waals surface area contributed by atoms with E-state index in [9.17, 15) is 4.79 Å². The zero-order chi connectivity index (χ0) is 29.1. The number of carbonyl (C=O) groups excluding carboxylic acids is 1. The molecule has 1 heterocycles. The van der Waals surface area contributed by atoms with E-state index in [0.717, 1.165) is 16.7 Å². The van der Waals surface area contributed by atoms with Crippen LogP contribution in [0.5, 0.6) is 0 Å². The maximum atomic E-state index is 13.0. The second-order valence-electron chi connectivity index (χ2n) is 11.1. The van der Waals surface area contributed by atoms with Crippen molar-refractivity contribution in [3.8, 4) is 0 Å². The van der Waals surface area contributed by atoms with E-state index in [0.29, 0.717) is 19.8 Å². The predicted molar refractivity (Wildman–Crippen MR) is 158 cm³/mol. The number of hydrogen-bond donors (Lipinski definition) is 1. The van der Waals surface area contributed by atoms with Crippen LogP contribution in [0.25, 0.3) is 0 Å². The van der Waals surface area contributed by atoms with Gasteiger partial charge in [0.1, 0.15) is 23.9 Å². The Labute approximate surface area is 243 Å². The third-order valence-corrected chi connectivity index (χ3v) is 6.61. The lowest BCUT2D eigenvalue weighted by Gasteiger charge is -2.46. The summed E-state index contributed by atoms with van der Waals surface area (Å²) >= 11 is 0. The summed E-state index contributed by atoms with van der Waals surface area (Å²) in [5, 5.41) is 2.99. The van der Waals surface area contributed by atoms with Crippen LogP contribution in [0.4, 0.5) is 4.79 Å². The van der Waals surface area contributed by atoms with Crippen LogP contribution in [0.1, 0.15) is 37.5 Å². The Kier molecular flexibility index (Phi) is 11.1. The first kappa shape index (κ1) is 30.5. The number of alkyl carbamates (subject to hydrolysis) is 1. The van der Waals surface area contributed by atoms with Gasteiger partial charge in [0.2, 0.25) is 0 Å². The SMILES string of the molecule is C=C[C@H]1O[C@H](COCc2ccccc2)[C@H](OCc2ccccc2)[C@H](OCc2ccccc2)[C@H]1NC(=O)OC(C)(C)C. The van der Waals surface area contributed by atoms with E-state index < -0.39 is 42.2 Å². The Morgan fingerprint density at radius 2 is 1.29 bits per heavy atom. The van der Waals surface area contributed by atoms with Crippen LogP contribution in [0.3, 0.4) is 0 Å². The number of benzene rings is 3. The molecule has 1 aliphatic rings. The highest BCUT2D eigenvalue weighted by Gasteiger charge is 2.47. The standard InChI is InChI=1S/C34H41NO6/c1-5-28-30(35-33(36)41-34(2,3)4)32(39-23-27-19-13-8-14-20-27)31(38-22-26-17-11-7-12-18-26)29(40-28)24-37-21-25-15-9-6-10-16-25/h5-20,28-32H,1,21-24H2,2-4H3,(H,35,36)/t28-,29-,30+,31+,32-/m1/s1. The van der Waals surface area contributed by atoms with Gasteiger partial charge in [-0.15, -0.1) is 6.58 Å². The van der Waals surface area contributed by atoms with Gasteiger partial charge in [0.25, 0.3) is 0 Å². The van der Waals surface area contributed by atoms with Crippen molar-refractivity contribution in [1.29, 1.82) is 0 Å². The molecule has 1 amide bonds. The van der Waals surface area contributed by atoms with Crippen LogP contribution in [0.2, 0.25) is 0 Å². The minimum atomic E-state index is -0.666. The molecule has 0 unspecified atom stereocenters. The molecule has 0 saturated carbocycles. The van der Waals surface area contributed by atoms with Crippen molar-refractivity contribution in [2.75, 3.05) is 6.61 Å². The van der Waals surface area contributed by atoms with Crippen LogP contribution in [0, 0.1) is 0 Å². The van der Waals surface area contributed by atoms with Crippen molar-refractivity contribution in [2.45, 2.75) is 76.7 Å². The first-order valence-electron chi connectivity index (χ1n) is 14.0. The molecule has 4 rings (SSSR count). The van der Waals surface area contributed by atoms with Crippen molar-refractivity contribution in [1.82, 2.24) is 5.32 Å². The molecule has 5 atom stereocenters. The molecule has 3 aromatic rings. The lowest BCUT2D eigenvalue weighted by molar-refractivity contribution is -0.223. The molecule has 0 bridgehead atoms. The van der Waals surface area contributed by atoms with E-state index in [1.807, 2.05) is 112 Å². The van der Waals surface area contributed by atoms with Gasteiger partial charge in [-0.1, -0.05) is 97.1 Å². The molecule has 1 N–H and O–H groups in total. The largest absolute Gasteiger partial charge is 0.444 e. The van der Waals surface area contributed by atoms with E-state index in [1.165, 1.54) is 0 Å². The van der Waals surface area contributed by atoms with Gasteiger partial charge in [-0.3, -0.25) is 0 Å². The Morgan fingerprint density at radius 1 is 0.805 bits per heavy atom. The highest BCUT2D eigenvalue weighted by atomic mass is 16.6. The molecule has 41 heavy (non-hydrogen) atoms. The number of nitrogens with one attached hydrogen (secondary N) is 1. The predicted octanol–water partition coefficient (Wildman–Crippen LogP) is 6.22. The molecule has 1 fully saturated rings. The second kappa shape index (κ2) is 14.9. The molecule has 0 spiro atoms. The number of carbonyl (C=O) groups is 1. The Balaban J connectivity index is 1.60. The smallest absolute Gasteiger partial charge is 0.408 e. The van der Waals surface area contributed by atoms with E-state index in [-0.39, 0.29) is 6.61 Å². The monoisotopic (exact) mass is 559 g/mol. The number of hydrogen-bond acceptors (Lipinski definition) is 6. The summed E-state index contributed by atoms with van der Waals surface area (Å²) in [6.45, 7) is 10.8. The molecule has 1 aliphatic heterocycles. The highest BCUT2D eigenvalue weighted by molar-refractivity contribution is 5.68. The van der Waals surface area contributed by atoms with Gasteiger partial charge < -0.3 is 29.0 Å². The van der Waals surface area contributed by atoms with E-state index >= 15 is 0 Å². The minimum absolute atomic E-state index is 0.267. The number of rotatable bonds is 12. The fourth-order valence-electron chi connectivity index (χ4n) is 4.71. The van der Waals surface area contributed by atoms with E-state index in [4.69, 9.17) is 23.7 Å². The summed E-state index contributed by atoms with van der Waals surface area (Å²) in [6, 6.07) is 29.2. The first-order valence-corrected chi connectivity index (χ1v) is 14.0. The molecular formula is C34H41NO6. The summed E-state index contributed by atoms with van der Waals surface area (Å²) in [5.41, 5.74) is 2.41. The zero-order valence-corrected chi connectivity index (χ0v) is 24.1. The molecule has 0 radical (unpaired) electrons.